The normalized spacial score (nSPS) is 10.8. The standard InChI is InChI=1S/C10H13ClN4/c1-14-5-3-12-10(14)2-4-15-7-9(6-11)13-8-15/h3,5,7-8H,2,4,6H2,1H3. The molecule has 0 amide bonds. The van der Waals surface area contributed by atoms with Crippen LogP contribution in [0.4, 0.5) is 0 Å². The largest absolute Gasteiger partial charge is 0.338 e. The quantitative estimate of drug-likeness (QED) is 0.740. The van der Waals surface area contributed by atoms with Crippen LogP contribution in [0.1, 0.15) is 11.5 Å². The molecule has 80 valence electrons. The molecule has 15 heavy (non-hydrogen) atoms. The monoisotopic (exact) mass is 224 g/mol. The highest BCUT2D eigenvalue weighted by atomic mass is 35.5. The summed E-state index contributed by atoms with van der Waals surface area (Å²) in [5.41, 5.74) is 0.913. The molecule has 0 fully saturated rings. The number of hydrogen-bond donors (Lipinski definition) is 0. The molecule has 0 saturated carbocycles. The van der Waals surface area contributed by atoms with Crippen LogP contribution in [-0.2, 0) is 25.9 Å². The van der Waals surface area contributed by atoms with Gasteiger partial charge in [-0.1, -0.05) is 0 Å². The van der Waals surface area contributed by atoms with Crippen LogP contribution in [0.5, 0.6) is 0 Å². The molecule has 0 saturated heterocycles. The molecule has 0 aliphatic carbocycles. The fourth-order valence-electron chi connectivity index (χ4n) is 1.46. The van der Waals surface area contributed by atoms with Crippen molar-refractivity contribution in [1.29, 1.82) is 0 Å². The lowest BCUT2D eigenvalue weighted by Gasteiger charge is -2.02. The molecule has 2 aromatic heterocycles. The summed E-state index contributed by atoms with van der Waals surface area (Å²) in [6.45, 7) is 0.884. The number of nitrogens with zero attached hydrogens (tertiary/aromatic N) is 4. The van der Waals surface area contributed by atoms with E-state index in [1.54, 1.807) is 6.33 Å². The lowest BCUT2D eigenvalue weighted by molar-refractivity contribution is 0.649. The van der Waals surface area contributed by atoms with Gasteiger partial charge in [-0.15, -0.1) is 11.6 Å². The summed E-state index contributed by atoms with van der Waals surface area (Å²) in [4.78, 5) is 8.42. The Labute approximate surface area is 93.5 Å². The summed E-state index contributed by atoms with van der Waals surface area (Å²) in [5, 5.41) is 0. The van der Waals surface area contributed by atoms with Crippen molar-refractivity contribution in [1.82, 2.24) is 19.1 Å². The second kappa shape index (κ2) is 4.49. The number of imidazole rings is 2. The Kier molecular flexibility index (Phi) is 3.06. The van der Waals surface area contributed by atoms with Gasteiger partial charge < -0.3 is 9.13 Å². The number of aryl methyl sites for hydroxylation is 3. The molecule has 2 heterocycles. The molecule has 0 aliphatic rings. The third-order valence-corrected chi connectivity index (χ3v) is 2.61. The van der Waals surface area contributed by atoms with Crippen LogP contribution in [0, 0.1) is 0 Å². The molecule has 0 radical (unpaired) electrons. The fourth-order valence-corrected chi connectivity index (χ4v) is 1.60. The van der Waals surface area contributed by atoms with Gasteiger partial charge >= 0.3 is 0 Å². The molecule has 2 rings (SSSR count). The maximum absolute atomic E-state index is 5.67. The van der Waals surface area contributed by atoms with Gasteiger partial charge in [-0.3, -0.25) is 0 Å². The van der Waals surface area contributed by atoms with E-state index < -0.39 is 0 Å². The number of halogens is 1. The number of alkyl halides is 1. The zero-order chi connectivity index (χ0) is 10.7. The van der Waals surface area contributed by atoms with E-state index in [1.807, 2.05) is 34.8 Å². The van der Waals surface area contributed by atoms with Gasteiger partial charge in [0.25, 0.3) is 0 Å². The Bertz CT molecular complexity index is 432. The molecule has 0 bridgehead atoms. The van der Waals surface area contributed by atoms with Gasteiger partial charge in [0.1, 0.15) is 5.82 Å². The minimum Gasteiger partial charge on any atom is -0.338 e. The zero-order valence-electron chi connectivity index (χ0n) is 8.60. The SMILES string of the molecule is Cn1ccnc1CCn1cnc(CCl)c1. The van der Waals surface area contributed by atoms with Gasteiger partial charge in [0.05, 0.1) is 17.9 Å². The van der Waals surface area contributed by atoms with Crippen LogP contribution in [0.15, 0.2) is 24.9 Å². The Balaban J connectivity index is 1.96. The third kappa shape index (κ3) is 2.39. The van der Waals surface area contributed by atoms with Crippen LogP contribution in [-0.4, -0.2) is 19.1 Å². The lowest BCUT2D eigenvalue weighted by Crippen LogP contribution is -2.03. The van der Waals surface area contributed by atoms with E-state index >= 15 is 0 Å². The molecule has 0 unspecified atom stereocenters. The molecule has 0 spiro atoms. The van der Waals surface area contributed by atoms with Crippen molar-refractivity contribution in [2.75, 3.05) is 0 Å². The lowest BCUT2D eigenvalue weighted by atomic mass is 10.4. The van der Waals surface area contributed by atoms with Crippen LogP contribution in [0.25, 0.3) is 0 Å². The molecule has 0 N–H and O–H groups in total. The van der Waals surface area contributed by atoms with Crippen LogP contribution in [0.2, 0.25) is 0 Å². The van der Waals surface area contributed by atoms with Gasteiger partial charge in [-0.05, 0) is 0 Å². The predicted octanol–water partition coefficient (Wildman–Crippen LogP) is 1.60. The first-order valence-electron chi connectivity index (χ1n) is 4.82. The second-order valence-electron chi connectivity index (χ2n) is 3.44. The molecule has 0 atom stereocenters. The van der Waals surface area contributed by atoms with Crippen LogP contribution in [0.3, 0.4) is 0 Å². The molecular formula is C10H13ClN4. The van der Waals surface area contributed by atoms with E-state index in [2.05, 4.69) is 9.97 Å². The van der Waals surface area contributed by atoms with Gasteiger partial charge in [-0.2, -0.15) is 0 Å². The van der Waals surface area contributed by atoms with E-state index in [0.29, 0.717) is 5.88 Å². The Morgan fingerprint density at radius 3 is 2.87 bits per heavy atom. The number of aromatic nitrogens is 4. The summed E-state index contributed by atoms with van der Waals surface area (Å²) in [6, 6.07) is 0. The number of rotatable bonds is 4. The highest BCUT2D eigenvalue weighted by Gasteiger charge is 2.01. The molecule has 0 aromatic carbocycles. The van der Waals surface area contributed by atoms with E-state index in [4.69, 9.17) is 11.6 Å². The summed E-state index contributed by atoms with van der Waals surface area (Å²) in [5.74, 6) is 1.55. The van der Waals surface area contributed by atoms with Crippen molar-refractivity contribution in [2.45, 2.75) is 18.8 Å². The topological polar surface area (TPSA) is 35.6 Å². The maximum atomic E-state index is 5.67. The first kappa shape index (κ1) is 10.2. The van der Waals surface area contributed by atoms with Crippen LogP contribution >= 0.6 is 11.6 Å². The molecular weight excluding hydrogens is 212 g/mol. The Hall–Kier alpha value is -1.29. The van der Waals surface area contributed by atoms with Gasteiger partial charge in [0, 0.05) is 38.6 Å². The minimum atomic E-state index is 0.468. The average Bonchev–Trinajstić information content (AvgIpc) is 2.84. The van der Waals surface area contributed by atoms with Gasteiger partial charge in [0.15, 0.2) is 0 Å². The smallest absolute Gasteiger partial charge is 0.110 e. The first-order valence-corrected chi connectivity index (χ1v) is 5.36. The van der Waals surface area contributed by atoms with Gasteiger partial charge in [-0.25, -0.2) is 9.97 Å². The van der Waals surface area contributed by atoms with E-state index in [1.165, 1.54) is 0 Å². The molecule has 0 aliphatic heterocycles. The Morgan fingerprint density at radius 1 is 1.40 bits per heavy atom. The van der Waals surface area contributed by atoms with Crippen molar-refractivity contribution < 1.29 is 0 Å². The maximum Gasteiger partial charge on any atom is 0.110 e. The summed E-state index contributed by atoms with van der Waals surface area (Å²) in [6.07, 6.45) is 8.44. The van der Waals surface area contributed by atoms with E-state index in [-0.39, 0.29) is 0 Å². The van der Waals surface area contributed by atoms with Crippen molar-refractivity contribution in [3.63, 3.8) is 0 Å². The van der Waals surface area contributed by atoms with Crippen molar-refractivity contribution in [3.05, 3.63) is 36.4 Å². The fraction of sp³-hybridized carbons (Fsp3) is 0.400. The third-order valence-electron chi connectivity index (χ3n) is 2.34. The second-order valence-corrected chi connectivity index (χ2v) is 3.71. The minimum absolute atomic E-state index is 0.468. The van der Waals surface area contributed by atoms with E-state index in [0.717, 1.165) is 24.5 Å². The summed E-state index contributed by atoms with van der Waals surface area (Å²) < 4.78 is 4.06. The number of hydrogen-bond acceptors (Lipinski definition) is 2. The summed E-state index contributed by atoms with van der Waals surface area (Å²) >= 11 is 5.67. The van der Waals surface area contributed by atoms with Gasteiger partial charge in [0.2, 0.25) is 0 Å². The predicted molar refractivity (Wildman–Crippen MR) is 58.7 cm³/mol. The highest BCUT2D eigenvalue weighted by molar-refractivity contribution is 6.16. The van der Waals surface area contributed by atoms with Crippen molar-refractivity contribution in [2.24, 2.45) is 7.05 Å². The van der Waals surface area contributed by atoms with E-state index in [9.17, 15) is 0 Å². The highest BCUT2D eigenvalue weighted by Crippen LogP contribution is 2.02. The summed E-state index contributed by atoms with van der Waals surface area (Å²) in [7, 11) is 2.00. The first-order chi connectivity index (χ1) is 7.29. The molecule has 2 aromatic rings. The van der Waals surface area contributed by atoms with Crippen LogP contribution < -0.4 is 0 Å². The molecule has 4 nitrogen and oxygen atoms in total. The van der Waals surface area contributed by atoms with Crippen molar-refractivity contribution >= 4 is 11.6 Å². The van der Waals surface area contributed by atoms with Crippen molar-refractivity contribution in [3.8, 4) is 0 Å². The molecule has 5 heteroatoms. The zero-order valence-corrected chi connectivity index (χ0v) is 9.35. The average molecular weight is 225 g/mol. The Morgan fingerprint density at radius 2 is 2.27 bits per heavy atom.